The molecule has 0 fully saturated rings. The van der Waals surface area contributed by atoms with Gasteiger partial charge in [0.25, 0.3) is 5.91 Å². The minimum atomic E-state index is -2.47. The van der Waals surface area contributed by atoms with E-state index in [2.05, 4.69) is 10.3 Å². The van der Waals surface area contributed by atoms with Crippen LogP contribution in [0.25, 0.3) is 22.0 Å². The first-order valence-electron chi connectivity index (χ1n) is 6.91. The van der Waals surface area contributed by atoms with Crippen molar-refractivity contribution >= 4 is 33.2 Å². The Bertz CT molecular complexity index is 935. The first-order valence-corrected chi connectivity index (χ1v) is 8.28. The van der Waals surface area contributed by atoms with E-state index >= 15 is 0 Å². The first-order chi connectivity index (χ1) is 11.0. The van der Waals surface area contributed by atoms with Crippen molar-refractivity contribution in [1.29, 1.82) is 0 Å². The summed E-state index contributed by atoms with van der Waals surface area (Å²) in [7, 11) is -2.47. The third-order valence-electron chi connectivity index (χ3n) is 3.56. The van der Waals surface area contributed by atoms with Crippen LogP contribution in [0.2, 0.25) is 0 Å². The molecule has 0 unspecified atom stereocenters. The highest BCUT2D eigenvalue weighted by Crippen LogP contribution is 2.28. The van der Waals surface area contributed by atoms with Crippen molar-refractivity contribution in [2.24, 2.45) is 5.73 Å². The fraction of sp³-hybridized carbons (Fsp3) is 0.0625. The van der Waals surface area contributed by atoms with E-state index in [1.165, 1.54) is 0 Å². The van der Waals surface area contributed by atoms with Gasteiger partial charge in [-0.15, -0.1) is 0 Å². The number of nitrogens with two attached hydrogens (primary N) is 1. The summed E-state index contributed by atoms with van der Waals surface area (Å²) >= 11 is 0. The number of carbonyl (C=O) groups excluding carboxylic acids is 1. The molecule has 1 heterocycles. The van der Waals surface area contributed by atoms with E-state index in [1.54, 1.807) is 24.4 Å². The van der Waals surface area contributed by atoms with Crippen LogP contribution in [0, 0.1) is 0 Å². The number of hydrogen-bond donors (Lipinski definition) is 4. The Hall–Kier alpha value is -2.80. The zero-order valence-corrected chi connectivity index (χ0v) is 13.0. The molecule has 0 aliphatic rings. The molecule has 0 atom stereocenters. The van der Waals surface area contributed by atoms with Crippen molar-refractivity contribution in [3.63, 3.8) is 0 Å². The number of H-pyrrole nitrogens is 1. The Balaban J connectivity index is 1.98. The first kappa shape index (κ1) is 15.1. The molecule has 0 bridgehead atoms. The van der Waals surface area contributed by atoms with Gasteiger partial charge in [-0.3, -0.25) is 4.79 Å². The number of hydrogen-bond acceptors (Lipinski definition) is 4. The summed E-state index contributed by atoms with van der Waals surface area (Å²) in [4.78, 5) is 14.7. The number of aromatic amines is 1. The zero-order chi connectivity index (χ0) is 16.4. The van der Waals surface area contributed by atoms with E-state index in [1.807, 2.05) is 24.3 Å². The molecule has 2 aromatic carbocycles. The number of amides is 1. The fourth-order valence-corrected chi connectivity index (χ4v) is 2.78. The van der Waals surface area contributed by atoms with Gasteiger partial charge in [-0.05, 0) is 41.5 Å². The number of thiol groups is 1. The molecule has 118 valence electrons. The summed E-state index contributed by atoms with van der Waals surface area (Å²) in [5.74, 6) is -0.590. The van der Waals surface area contributed by atoms with Crippen LogP contribution in [-0.2, 0) is 10.7 Å². The van der Waals surface area contributed by atoms with Gasteiger partial charge >= 0.3 is 0 Å². The molecule has 1 amide bonds. The van der Waals surface area contributed by atoms with Crippen LogP contribution < -0.4 is 11.1 Å². The van der Waals surface area contributed by atoms with Crippen LogP contribution in [0.1, 0.15) is 10.4 Å². The summed E-state index contributed by atoms with van der Waals surface area (Å²) in [5, 5.41) is 3.71. The Labute approximate surface area is 134 Å². The highest BCUT2D eigenvalue weighted by atomic mass is 32.2. The number of benzene rings is 2. The van der Waals surface area contributed by atoms with E-state index in [9.17, 15) is 13.2 Å². The van der Waals surface area contributed by atoms with Crippen LogP contribution in [0.4, 0.5) is 5.69 Å². The van der Waals surface area contributed by atoms with Gasteiger partial charge in [0.2, 0.25) is 0 Å². The van der Waals surface area contributed by atoms with Crippen molar-refractivity contribution in [2.45, 2.75) is 0 Å². The van der Waals surface area contributed by atoms with Crippen molar-refractivity contribution in [1.82, 2.24) is 4.98 Å². The number of primary amides is 1. The van der Waals surface area contributed by atoms with Gasteiger partial charge in [-0.2, -0.15) is 0 Å². The fourth-order valence-electron chi connectivity index (χ4n) is 2.47. The molecule has 7 heteroatoms. The van der Waals surface area contributed by atoms with Gasteiger partial charge in [-0.25, -0.2) is 8.42 Å². The summed E-state index contributed by atoms with van der Waals surface area (Å²) in [6.45, 7) is 0. The zero-order valence-electron chi connectivity index (χ0n) is 12.1. The van der Waals surface area contributed by atoms with Crippen LogP contribution in [0.5, 0.6) is 0 Å². The molecule has 23 heavy (non-hydrogen) atoms. The average molecular weight is 329 g/mol. The molecular weight excluding hydrogens is 314 g/mol. The predicted molar refractivity (Wildman–Crippen MR) is 91.1 cm³/mol. The van der Waals surface area contributed by atoms with Gasteiger partial charge < -0.3 is 16.0 Å². The number of anilines is 1. The minimum Gasteiger partial charge on any atom is -0.372 e. The Kier molecular flexibility index (Phi) is 4.03. The van der Waals surface area contributed by atoms with Gasteiger partial charge in [0.15, 0.2) is 10.7 Å². The van der Waals surface area contributed by atoms with E-state index < -0.39 is 16.6 Å². The van der Waals surface area contributed by atoms with Gasteiger partial charge in [-0.1, -0.05) is 12.1 Å². The van der Waals surface area contributed by atoms with Crippen LogP contribution in [-0.4, -0.2) is 25.2 Å². The second-order valence-corrected chi connectivity index (χ2v) is 6.06. The summed E-state index contributed by atoms with van der Waals surface area (Å²) in [6, 6.07) is 12.9. The van der Waals surface area contributed by atoms with Crippen molar-refractivity contribution < 1.29 is 13.2 Å². The van der Waals surface area contributed by atoms with E-state index in [4.69, 9.17) is 5.73 Å². The maximum atomic E-state index is 11.6. The number of rotatable bonds is 5. The number of carbonyl (C=O) groups is 1. The molecule has 3 rings (SSSR count). The van der Waals surface area contributed by atoms with Crippen molar-refractivity contribution in [2.75, 3.05) is 11.2 Å². The van der Waals surface area contributed by atoms with Gasteiger partial charge in [0, 0.05) is 17.3 Å². The molecule has 0 aliphatic heterocycles. The Morgan fingerprint density at radius 3 is 2.48 bits per heavy atom. The topological polar surface area (TPSA) is 105 Å². The standard InChI is InChI=1S/C16H15N3O3S/c17-16(20)14-8-12(7-11-5-6-18-15(11)14)10-1-3-13(4-2-10)19-9-23(21)22/h1-8,18-19,23H,9H2,(H2,17,20). The lowest BCUT2D eigenvalue weighted by Crippen LogP contribution is -2.11. The van der Waals surface area contributed by atoms with Crippen LogP contribution in [0.3, 0.4) is 0 Å². The molecule has 1 aromatic heterocycles. The predicted octanol–water partition coefficient (Wildman–Crippen LogP) is 1.91. The molecule has 0 aliphatic carbocycles. The SMILES string of the molecule is NC(=O)c1cc(-c2ccc(NC[SH](=O)=O)cc2)cc2cc[nH]c12. The molecular formula is C16H15N3O3S. The van der Waals surface area contributed by atoms with Gasteiger partial charge in [0.1, 0.15) is 5.88 Å². The molecule has 4 N–H and O–H groups in total. The second kappa shape index (κ2) is 6.13. The smallest absolute Gasteiger partial charge is 0.250 e. The normalized spacial score (nSPS) is 11.0. The lowest BCUT2D eigenvalue weighted by molar-refractivity contribution is 0.100. The number of nitrogens with one attached hydrogen (secondary N) is 2. The maximum Gasteiger partial charge on any atom is 0.250 e. The lowest BCUT2D eigenvalue weighted by Gasteiger charge is -2.08. The van der Waals surface area contributed by atoms with E-state index in [0.717, 1.165) is 22.0 Å². The minimum absolute atomic E-state index is 0.101. The van der Waals surface area contributed by atoms with Crippen LogP contribution in [0.15, 0.2) is 48.7 Å². The molecule has 0 saturated carbocycles. The molecule has 0 radical (unpaired) electrons. The summed E-state index contributed by atoms with van der Waals surface area (Å²) in [6.07, 6.45) is 1.76. The molecule has 0 spiro atoms. The van der Waals surface area contributed by atoms with Crippen molar-refractivity contribution in [3.8, 4) is 11.1 Å². The summed E-state index contributed by atoms with van der Waals surface area (Å²) in [5.41, 5.74) is 9.10. The lowest BCUT2D eigenvalue weighted by atomic mass is 10.00. The monoisotopic (exact) mass is 329 g/mol. The Morgan fingerprint density at radius 1 is 1.09 bits per heavy atom. The molecule has 6 nitrogen and oxygen atoms in total. The van der Waals surface area contributed by atoms with E-state index in [-0.39, 0.29) is 5.88 Å². The third kappa shape index (κ3) is 3.19. The third-order valence-corrected chi connectivity index (χ3v) is 3.97. The number of aromatic nitrogens is 1. The largest absolute Gasteiger partial charge is 0.372 e. The average Bonchev–Trinajstić information content (AvgIpc) is 3.00. The highest BCUT2D eigenvalue weighted by Gasteiger charge is 2.11. The number of fused-ring (bicyclic) bond motifs is 1. The second-order valence-electron chi connectivity index (χ2n) is 5.07. The molecule has 3 aromatic rings. The Morgan fingerprint density at radius 2 is 1.83 bits per heavy atom. The van der Waals surface area contributed by atoms with Gasteiger partial charge in [0.05, 0.1) is 11.1 Å². The molecule has 0 saturated heterocycles. The van der Waals surface area contributed by atoms with Crippen LogP contribution >= 0.6 is 0 Å². The van der Waals surface area contributed by atoms with Crippen molar-refractivity contribution in [3.05, 3.63) is 54.2 Å². The van der Waals surface area contributed by atoms with E-state index in [0.29, 0.717) is 11.3 Å². The maximum absolute atomic E-state index is 11.6. The quantitative estimate of drug-likeness (QED) is 0.537. The summed E-state index contributed by atoms with van der Waals surface area (Å²) < 4.78 is 21.2. The highest BCUT2D eigenvalue weighted by molar-refractivity contribution is 7.72.